The van der Waals surface area contributed by atoms with Gasteiger partial charge in [0.05, 0.1) is 0 Å². The van der Waals surface area contributed by atoms with Gasteiger partial charge < -0.3 is 5.11 Å². The van der Waals surface area contributed by atoms with E-state index >= 15 is 0 Å². The van der Waals surface area contributed by atoms with Crippen molar-refractivity contribution in [1.29, 1.82) is 0 Å². The first-order valence-electron chi connectivity index (χ1n) is 4.41. The molecule has 1 aliphatic rings. The molecule has 0 amide bonds. The Bertz CT molecular complexity index is 252. The fraction of sp³-hybridized carbons (Fsp3) is 1.00. The summed E-state index contributed by atoms with van der Waals surface area (Å²) in [4.78, 5) is 0. The largest absolute Gasteiger partial charge is 0.396 e. The van der Waals surface area contributed by atoms with Crippen LogP contribution in [0.15, 0.2) is 0 Å². The van der Waals surface area contributed by atoms with Gasteiger partial charge in [0, 0.05) is 13.2 Å². The molecule has 2 atom stereocenters. The van der Waals surface area contributed by atoms with Crippen LogP contribution in [0.1, 0.15) is 19.3 Å². The molecule has 6 heteroatoms. The zero-order valence-corrected chi connectivity index (χ0v) is 8.26. The highest BCUT2D eigenvalue weighted by atomic mass is 32.2. The van der Waals surface area contributed by atoms with Crippen LogP contribution in [-0.4, -0.2) is 26.7 Å². The summed E-state index contributed by atoms with van der Waals surface area (Å²) in [5, 5.41) is 13.8. The molecule has 0 aromatic carbocycles. The molecule has 0 spiro atoms. The molecule has 1 aliphatic carbocycles. The van der Waals surface area contributed by atoms with Crippen molar-refractivity contribution in [3.05, 3.63) is 0 Å². The quantitative estimate of drug-likeness (QED) is 0.564. The Morgan fingerprint density at radius 1 is 1.38 bits per heavy atom. The zero-order chi connectivity index (χ0) is 9.90. The summed E-state index contributed by atoms with van der Waals surface area (Å²) in [5.74, 6) is 0.470. The molecule has 13 heavy (non-hydrogen) atoms. The molecule has 2 unspecified atom stereocenters. The minimum atomic E-state index is -3.57. The normalized spacial score (nSPS) is 29.4. The highest BCUT2D eigenvalue weighted by Gasteiger charge is 2.26. The van der Waals surface area contributed by atoms with Gasteiger partial charge in [0.15, 0.2) is 0 Å². The number of hydrogen-bond donors (Lipinski definition) is 3. The Morgan fingerprint density at radius 3 is 2.54 bits per heavy atom. The van der Waals surface area contributed by atoms with Crippen molar-refractivity contribution in [1.82, 2.24) is 4.72 Å². The molecule has 5 nitrogen and oxygen atoms in total. The first-order chi connectivity index (χ1) is 6.03. The van der Waals surface area contributed by atoms with E-state index in [9.17, 15) is 8.42 Å². The Labute approximate surface area is 78.5 Å². The number of nitrogens with two attached hydrogens (primary N) is 1. The van der Waals surface area contributed by atoms with Crippen molar-refractivity contribution >= 4 is 10.2 Å². The molecule has 1 fully saturated rings. The predicted molar refractivity (Wildman–Crippen MR) is 49.0 cm³/mol. The molecule has 0 bridgehead atoms. The van der Waals surface area contributed by atoms with Gasteiger partial charge in [-0.2, -0.15) is 8.42 Å². The highest BCUT2D eigenvalue weighted by Crippen LogP contribution is 2.30. The van der Waals surface area contributed by atoms with Crippen LogP contribution in [0.3, 0.4) is 0 Å². The van der Waals surface area contributed by atoms with E-state index in [1.807, 2.05) is 0 Å². The van der Waals surface area contributed by atoms with Gasteiger partial charge in [-0.25, -0.2) is 9.86 Å². The Morgan fingerprint density at radius 2 is 2.00 bits per heavy atom. The zero-order valence-electron chi connectivity index (χ0n) is 7.44. The number of hydrogen-bond acceptors (Lipinski definition) is 3. The second-order valence-electron chi connectivity index (χ2n) is 3.53. The van der Waals surface area contributed by atoms with Gasteiger partial charge in [-0.3, -0.25) is 0 Å². The van der Waals surface area contributed by atoms with Gasteiger partial charge in [-0.05, 0) is 24.7 Å². The fourth-order valence-corrected chi connectivity index (χ4v) is 2.29. The van der Waals surface area contributed by atoms with Crippen LogP contribution in [0, 0.1) is 11.8 Å². The average Bonchev–Trinajstić information content (AvgIpc) is 2.46. The lowest BCUT2D eigenvalue weighted by atomic mass is 9.97. The van der Waals surface area contributed by atoms with Gasteiger partial charge in [0.2, 0.25) is 0 Å². The summed E-state index contributed by atoms with van der Waals surface area (Å²) in [5.41, 5.74) is 0. The summed E-state index contributed by atoms with van der Waals surface area (Å²) >= 11 is 0. The van der Waals surface area contributed by atoms with Crippen LogP contribution in [-0.2, 0) is 10.2 Å². The van der Waals surface area contributed by atoms with Crippen LogP contribution in [0.2, 0.25) is 0 Å². The molecule has 0 saturated heterocycles. The average molecular weight is 208 g/mol. The van der Waals surface area contributed by atoms with Crippen molar-refractivity contribution in [2.75, 3.05) is 13.2 Å². The van der Waals surface area contributed by atoms with E-state index in [1.165, 1.54) is 0 Å². The van der Waals surface area contributed by atoms with E-state index in [2.05, 4.69) is 4.72 Å². The van der Waals surface area contributed by atoms with Crippen LogP contribution in [0.5, 0.6) is 0 Å². The second-order valence-corrected chi connectivity index (χ2v) is 4.91. The minimum Gasteiger partial charge on any atom is -0.396 e. The summed E-state index contributed by atoms with van der Waals surface area (Å²) < 4.78 is 23.4. The fourth-order valence-electron chi connectivity index (χ4n) is 1.85. The van der Waals surface area contributed by atoms with E-state index < -0.39 is 10.2 Å². The Balaban J connectivity index is 2.36. The summed E-state index contributed by atoms with van der Waals surface area (Å²) in [6, 6.07) is 0. The minimum absolute atomic E-state index is 0.136. The summed E-state index contributed by atoms with van der Waals surface area (Å²) in [6.07, 6.45) is 3.00. The van der Waals surface area contributed by atoms with Gasteiger partial charge >= 0.3 is 0 Å². The van der Waals surface area contributed by atoms with E-state index in [-0.39, 0.29) is 18.4 Å². The number of aliphatic hydroxyl groups excluding tert-OH is 1. The smallest absolute Gasteiger partial charge is 0.274 e. The maximum Gasteiger partial charge on any atom is 0.274 e. The summed E-state index contributed by atoms with van der Waals surface area (Å²) in [6.45, 7) is 0.487. The third-order valence-electron chi connectivity index (χ3n) is 2.60. The SMILES string of the molecule is NS(=O)(=O)NCC1CCCC1CO. The van der Waals surface area contributed by atoms with Crippen molar-refractivity contribution in [2.45, 2.75) is 19.3 Å². The summed E-state index contributed by atoms with van der Waals surface area (Å²) in [7, 11) is -3.57. The first-order valence-corrected chi connectivity index (χ1v) is 5.96. The monoisotopic (exact) mass is 208 g/mol. The molecule has 0 aromatic heterocycles. The number of nitrogens with one attached hydrogen (secondary N) is 1. The van der Waals surface area contributed by atoms with E-state index in [0.717, 1.165) is 19.3 Å². The predicted octanol–water partition coefficient (Wildman–Crippen LogP) is -0.812. The molecule has 78 valence electrons. The second kappa shape index (κ2) is 4.36. The van der Waals surface area contributed by atoms with E-state index in [4.69, 9.17) is 10.2 Å². The standard InChI is InChI=1S/C7H16N2O3S/c8-13(11,12)9-4-6-2-1-3-7(6)5-10/h6-7,9-10H,1-5H2,(H2,8,11,12). The Kier molecular flexibility index (Phi) is 3.66. The van der Waals surface area contributed by atoms with Crippen molar-refractivity contribution in [3.8, 4) is 0 Å². The maximum atomic E-state index is 10.6. The first kappa shape index (κ1) is 10.9. The lowest BCUT2D eigenvalue weighted by Gasteiger charge is -2.16. The molecule has 0 radical (unpaired) electrons. The lowest BCUT2D eigenvalue weighted by molar-refractivity contribution is 0.195. The van der Waals surface area contributed by atoms with E-state index in [1.54, 1.807) is 0 Å². The van der Waals surface area contributed by atoms with Crippen LogP contribution >= 0.6 is 0 Å². The highest BCUT2D eigenvalue weighted by molar-refractivity contribution is 7.87. The topological polar surface area (TPSA) is 92.4 Å². The third kappa shape index (κ3) is 3.60. The van der Waals surface area contributed by atoms with Gasteiger partial charge in [-0.1, -0.05) is 6.42 Å². The molecule has 0 aliphatic heterocycles. The maximum absolute atomic E-state index is 10.6. The molecular weight excluding hydrogens is 192 g/mol. The lowest BCUT2D eigenvalue weighted by Crippen LogP contribution is -2.36. The molecule has 4 N–H and O–H groups in total. The molecule has 1 rings (SSSR count). The molecule has 0 heterocycles. The Hall–Kier alpha value is -0.170. The molecular formula is C7H16N2O3S. The third-order valence-corrected chi connectivity index (χ3v) is 3.17. The molecule has 0 aromatic rings. The van der Waals surface area contributed by atoms with Crippen LogP contribution in [0.25, 0.3) is 0 Å². The van der Waals surface area contributed by atoms with E-state index in [0.29, 0.717) is 6.54 Å². The van der Waals surface area contributed by atoms with Crippen molar-refractivity contribution < 1.29 is 13.5 Å². The molecule has 1 saturated carbocycles. The van der Waals surface area contributed by atoms with Gasteiger partial charge in [-0.15, -0.1) is 0 Å². The van der Waals surface area contributed by atoms with Crippen LogP contribution in [0.4, 0.5) is 0 Å². The van der Waals surface area contributed by atoms with Gasteiger partial charge in [0.25, 0.3) is 10.2 Å². The number of aliphatic hydroxyl groups is 1. The number of rotatable bonds is 4. The van der Waals surface area contributed by atoms with Crippen LogP contribution < -0.4 is 9.86 Å². The van der Waals surface area contributed by atoms with Crippen molar-refractivity contribution in [2.24, 2.45) is 17.0 Å². The van der Waals surface area contributed by atoms with Crippen molar-refractivity contribution in [3.63, 3.8) is 0 Å². The van der Waals surface area contributed by atoms with Gasteiger partial charge in [0.1, 0.15) is 0 Å².